The lowest BCUT2D eigenvalue weighted by Crippen LogP contribution is -2.38. The van der Waals surface area contributed by atoms with E-state index in [-0.39, 0.29) is 17.5 Å². The minimum atomic E-state index is -4.48. The van der Waals surface area contributed by atoms with Crippen LogP contribution >= 0.6 is 0 Å². The number of rotatable bonds is 3. The number of fused-ring (bicyclic) bond motifs is 1. The maximum atomic E-state index is 13.3. The van der Waals surface area contributed by atoms with Gasteiger partial charge in [-0.25, -0.2) is 9.50 Å². The first-order valence-electron chi connectivity index (χ1n) is 10.0. The van der Waals surface area contributed by atoms with Crippen molar-refractivity contribution in [2.45, 2.75) is 64.0 Å². The molecule has 4 rings (SSSR count). The topological polar surface area (TPSA) is 50.5 Å². The zero-order valence-electron chi connectivity index (χ0n) is 16.0. The zero-order valence-corrected chi connectivity index (χ0v) is 16.0. The summed E-state index contributed by atoms with van der Waals surface area (Å²) < 4.78 is 40.9. The Hall–Kier alpha value is -2.12. The minimum Gasteiger partial charge on any atom is -0.343 e. The summed E-state index contributed by atoms with van der Waals surface area (Å²) in [4.78, 5) is 18.6. The standard InChI is InChI=1S/C20H25F3N4O/c1-13-10-17(20(21,22)23)27-18(24-13)12-16(25-27)15-6-8-26(9-7-15)19(28)11-14-4-2-3-5-14/h10,12,14-15H,2-9,11H2,1H3. The Morgan fingerprint density at radius 1 is 1.14 bits per heavy atom. The highest BCUT2D eigenvalue weighted by molar-refractivity contribution is 5.76. The van der Waals surface area contributed by atoms with Gasteiger partial charge in [0, 0.05) is 37.2 Å². The fraction of sp³-hybridized carbons (Fsp3) is 0.650. The minimum absolute atomic E-state index is 0.0543. The number of nitrogens with zero attached hydrogens (tertiary/aromatic N) is 4. The summed E-state index contributed by atoms with van der Waals surface area (Å²) in [6, 6.07) is 2.68. The maximum absolute atomic E-state index is 13.3. The number of alkyl halides is 3. The molecule has 2 aromatic rings. The van der Waals surface area contributed by atoms with Gasteiger partial charge in [-0.05, 0) is 44.6 Å². The Morgan fingerprint density at radius 3 is 2.46 bits per heavy atom. The first-order valence-corrected chi connectivity index (χ1v) is 10.0. The van der Waals surface area contributed by atoms with Crippen molar-refractivity contribution in [2.75, 3.05) is 13.1 Å². The van der Waals surface area contributed by atoms with E-state index >= 15 is 0 Å². The molecular weight excluding hydrogens is 369 g/mol. The van der Waals surface area contributed by atoms with E-state index in [1.165, 1.54) is 12.8 Å². The second-order valence-corrected chi connectivity index (χ2v) is 8.13. The van der Waals surface area contributed by atoms with Crippen LogP contribution in [0.2, 0.25) is 0 Å². The van der Waals surface area contributed by atoms with E-state index < -0.39 is 11.9 Å². The van der Waals surface area contributed by atoms with Crippen LogP contribution in [0.5, 0.6) is 0 Å². The number of amides is 1. The van der Waals surface area contributed by atoms with Gasteiger partial charge in [-0.2, -0.15) is 18.3 Å². The van der Waals surface area contributed by atoms with E-state index in [1.807, 2.05) is 4.90 Å². The van der Waals surface area contributed by atoms with Crippen LogP contribution in [-0.4, -0.2) is 38.5 Å². The van der Waals surface area contributed by atoms with Crippen molar-refractivity contribution in [3.8, 4) is 0 Å². The average molecular weight is 394 g/mol. The summed E-state index contributed by atoms with van der Waals surface area (Å²) in [5, 5.41) is 4.23. The molecule has 1 saturated carbocycles. The van der Waals surface area contributed by atoms with Crippen LogP contribution in [-0.2, 0) is 11.0 Å². The molecule has 8 heteroatoms. The molecule has 2 aromatic heterocycles. The van der Waals surface area contributed by atoms with Gasteiger partial charge < -0.3 is 4.90 Å². The number of aryl methyl sites for hydroxylation is 1. The number of aromatic nitrogens is 3. The second-order valence-electron chi connectivity index (χ2n) is 8.13. The van der Waals surface area contributed by atoms with Crippen molar-refractivity contribution in [1.82, 2.24) is 19.5 Å². The number of carbonyl (C=O) groups is 1. The molecule has 1 saturated heterocycles. The van der Waals surface area contributed by atoms with E-state index in [4.69, 9.17) is 0 Å². The molecule has 0 N–H and O–H groups in total. The monoisotopic (exact) mass is 394 g/mol. The van der Waals surface area contributed by atoms with E-state index in [2.05, 4.69) is 10.1 Å². The first-order chi connectivity index (χ1) is 13.3. The molecule has 1 aliphatic heterocycles. The first kappa shape index (κ1) is 19.2. The van der Waals surface area contributed by atoms with Crippen LogP contribution in [0.1, 0.15) is 67.9 Å². The largest absolute Gasteiger partial charge is 0.433 e. The predicted octanol–water partition coefficient (Wildman–Crippen LogP) is 4.34. The van der Waals surface area contributed by atoms with Gasteiger partial charge in [0.15, 0.2) is 5.65 Å². The Balaban J connectivity index is 1.46. The number of hydrogen-bond acceptors (Lipinski definition) is 3. The van der Waals surface area contributed by atoms with Crippen LogP contribution in [0.25, 0.3) is 5.65 Å². The molecule has 1 amide bonds. The van der Waals surface area contributed by atoms with Gasteiger partial charge in [0.2, 0.25) is 5.91 Å². The van der Waals surface area contributed by atoms with Gasteiger partial charge in [0.05, 0.1) is 5.69 Å². The fourth-order valence-corrected chi connectivity index (χ4v) is 4.53. The molecule has 0 bridgehead atoms. The average Bonchev–Trinajstić information content (AvgIpc) is 3.29. The Kier molecular flexibility index (Phi) is 5.05. The molecule has 3 heterocycles. The molecule has 0 unspecified atom stereocenters. The highest BCUT2D eigenvalue weighted by atomic mass is 19.4. The van der Waals surface area contributed by atoms with Crippen molar-refractivity contribution in [2.24, 2.45) is 5.92 Å². The van der Waals surface area contributed by atoms with Gasteiger partial charge in [-0.1, -0.05) is 12.8 Å². The summed E-state index contributed by atoms with van der Waals surface area (Å²) in [6.07, 6.45) is 2.35. The highest BCUT2D eigenvalue weighted by Gasteiger charge is 2.35. The molecule has 0 radical (unpaired) electrons. The van der Waals surface area contributed by atoms with Crippen molar-refractivity contribution < 1.29 is 18.0 Å². The lowest BCUT2D eigenvalue weighted by atomic mass is 9.93. The summed E-state index contributed by atoms with van der Waals surface area (Å²) >= 11 is 0. The fourth-order valence-electron chi connectivity index (χ4n) is 4.53. The molecule has 0 spiro atoms. The smallest absolute Gasteiger partial charge is 0.343 e. The van der Waals surface area contributed by atoms with Crippen LogP contribution in [0.15, 0.2) is 12.1 Å². The van der Waals surface area contributed by atoms with Crippen molar-refractivity contribution in [1.29, 1.82) is 0 Å². The van der Waals surface area contributed by atoms with Crippen LogP contribution < -0.4 is 0 Å². The Labute approximate surface area is 161 Å². The van der Waals surface area contributed by atoms with Gasteiger partial charge in [0.25, 0.3) is 0 Å². The molecule has 28 heavy (non-hydrogen) atoms. The second kappa shape index (κ2) is 7.37. The number of halogens is 3. The van der Waals surface area contributed by atoms with Crippen molar-refractivity contribution in [3.05, 3.63) is 29.2 Å². The third kappa shape index (κ3) is 3.86. The lowest BCUT2D eigenvalue weighted by molar-refractivity contribution is -0.142. The van der Waals surface area contributed by atoms with E-state index in [0.29, 0.717) is 36.8 Å². The highest BCUT2D eigenvalue weighted by Crippen LogP contribution is 2.33. The van der Waals surface area contributed by atoms with E-state index in [0.717, 1.165) is 36.3 Å². The third-order valence-electron chi connectivity index (χ3n) is 6.07. The molecule has 0 atom stereocenters. The quantitative estimate of drug-likeness (QED) is 0.778. The van der Waals surface area contributed by atoms with Crippen LogP contribution in [0, 0.1) is 12.8 Å². The van der Waals surface area contributed by atoms with E-state index in [1.54, 1.807) is 13.0 Å². The summed E-state index contributed by atoms with van der Waals surface area (Å²) in [6.45, 7) is 2.84. The van der Waals surface area contributed by atoms with Gasteiger partial charge in [0.1, 0.15) is 5.69 Å². The molecule has 2 aliphatic rings. The SMILES string of the molecule is Cc1cc(C(F)(F)F)n2nc(C3CCN(C(=O)CC4CCCC4)CC3)cc2n1. The molecule has 5 nitrogen and oxygen atoms in total. The normalized spacial score (nSPS) is 19.6. The van der Waals surface area contributed by atoms with Crippen LogP contribution in [0.3, 0.4) is 0 Å². The summed E-state index contributed by atoms with van der Waals surface area (Å²) in [7, 11) is 0. The number of piperidine rings is 1. The van der Waals surface area contributed by atoms with E-state index in [9.17, 15) is 18.0 Å². The summed E-state index contributed by atoms with van der Waals surface area (Å²) in [5.41, 5.74) is 0.373. The number of hydrogen-bond donors (Lipinski definition) is 0. The summed E-state index contributed by atoms with van der Waals surface area (Å²) in [5.74, 6) is 0.800. The van der Waals surface area contributed by atoms with Gasteiger partial charge in [-0.3, -0.25) is 4.79 Å². The van der Waals surface area contributed by atoms with Gasteiger partial charge >= 0.3 is 6.18 Å². The Bertz CT molecular complexity index is 862. The molecule has 2 fully saturated rings. The Morgan fingerprint density at radius 2 is 1.82 bits per heavy atom. The van der Waals surface area contributed by atoms with Gasteiger partial charge in [-0.15, -0.1) is 0 Å². The third-order valence-corrected chi connectivity index (χ3v) is 6.07. The number of likely N-dealkylation sites (tertiary alicyclic amines) is 1. The molecule has 152 valence electrons. The van der Waals surface area contributed by atoms with Crippen molar-refractivity contribution >= 4 is 11.6 Å². The maximum Gasteiger partial charge on any atom is 0.433 e. The zero-order chi connectivity index (χ0) is 19.9. The molecular formula is C20H25F3N4O. The molecule has 0 aromatic carbocycles. The number of carbonyl (C=O) groups excluding carboxylic acids is 1. The van der Waals surface area contributed by atoms with Crippen molar-refractivity contribution in [3.63, 3.8) is 0 Å². The predicted molar refractivity (Wildman–Crippen MR) is 97.9 cm³/mol. The lowest BCUT2D eigenvalue weighted by Gasteiger charge is -2.32. The van der Waals surface area contributed by atoms with Crippen LogP contribution in [0.4, 0.5) is 13.2 Å². The molecule has 1 aliphatic carbocycles.